The normalized spacial score (nSPS) is 12.6. The maximum atomic E-state index is 12.6. The van der Waals surface area contributed by atoms with Crippen LogP contribution in [0.1, 0.15) is 24.2 Å². The number of alkyl halides is 3. The van der Waals surface area contributed by atoms with Crippen molar-refractivity contribution in [1.82, 2.24) is 15.2 Å². The van der Waals surface area contributed by atoms with Gasteiger partial charge in [0.15, 0.2) is 5.82 Å². The Morgan fingerprint density at radius 3 is 2.31 bits per heavy atom. The summed E-state index contributed by atoms with van der Waals surface area (Å²) in [6.45, 7) is 1.80. The van der Waals surface area contributed by atoms with E-state index in [1.165, 1.54) is 0 Å². The van der Waals surface area contributed by atoms with Crippen molar-refractivity contribution in [2.75, 3.05) is 5.32 Å². The van der Waals surface area contributed by atoms with Crippen LogP contribution in [0.5, 0.6) is 0 Å². The van der Waals surface area contributed by atoms with E-state index in [0.717, 1.165) is 5.56 Å². The zero-order valence-electron chi connectivity index (χ0n) is 13.7. The molecular weight excluding hydrogens is 345 g/mol. The highest BCUT2D eigenvalue weighted by Gasteiger charge is 2.35. The van der Waals surface area contributed by atoms with Gasteiger partial charge in [-0.1, -0.05) is 30.3 Å². The minimum absolute atomic E-state index is 0.0622. The Hall–Kier alpha value is -3.16. The van der Waals surface area contributed by atoms with Crippen LogP contribution in [0.3, 0.4) is 0 Å². The number of halogens is 3. The lowest BCUT2D eigenvalue weighted by atomic mass is 10.0. The molecule has 2 N–H and O–H groups in total. The van der Waals surface area contributed by atoms with Gasteiger partial charge in [0.05, 0.1) is 5.92 Å². The summed E-state index contributed by atoms with van der Waals surface area (Å²) in [5.41, 5.74) is 1.83. The lowest BCUT2D eigenvalue weighted by Crippen LogP contribution is -2.18. The number of aromatic nitrogens is 3. The Morgan fingerprint density at radius 2 is 1.73 bits per heavy atom. The standard InChI is InChI=1S/C18H15F3N4O/c1-11(12-5-3-2-4-6-12)16(26)22-14-9-7-13(8-10-14)15-23-17(25-24-15)18(19,20)21/h2-11H,1H3,(H,22,26)(H,23,24,25). The van der Waals surface area contributed by atoms with Gasteiger partial charge in [0, 0.05) is 11.3 Å². The fourth-order valence-electron chi connectivity index (χ4n) is 2.36. The molecule has 1 atom stereocenters. The molecule has 1 aromatic heterocycles. The van der Waals surface area contributed by atoms with E-state index in [1.54, 1.807) is 31.2 Å². The second-order valence-electron chi connectivity index (χ2n) is 5.70. The van der Waals surface area contributed by atoms with Gasteiger partial charge in [0.1, 0.15) is 0 Å². The molecule has 2 aromatic carbocycles. The molecule has 3 aromatic rings. The second-order valence-corrected chi connectivity index (χ2v) is 5.70. The van der Waals surface area contributed by atoms with Crippen molar-refractivity contribution in [3.8, 4) is 11.4 Å². The van der Waals surface area contributed by atoms with Crippen LogP contribution in [-0.2, 0) is 11.0 Å². The van der Waals surface area contributed by atoms with Gasteiger partial charge < -0.3 is 5.32 Å². The Kier molecular flexibility index (Phi) is 4.75. The summed E-state index contributed by atoms with van der Waals surface area (Å²) in [5.74, 6) is -1.73. The minimum Gasteiger partial charge on any atom is -0.326 e. The molecule has 1 heterocycles. The molecule has 1 amide bonds. The largest absolute Gasteiger partial charge is 0.451 e. The number of anilines is 1. The van der Waals surface area contributed by atoms with E-state index in [4.69, 9.17) is 0 Å². The topological polar surface area (TPSA) is 70.7 Å². The summed E-state index contributed by atoms with van der Waals surface area (Å²) >= 11 is 0. The van der Waals surface area contributed by atoms with Gasteiger partial charge in [0.25, 0.3) is 0 Å². The molecule has 8 heteroatoms. The van der Waals surface area contributed by atoms with Crippen LogP contribution in [0, 0.1) is 0 Å². The van der Waals surface area contributed by atoms with Gasteiger partial charge >= 0.3 is 6.18 Å². The third-order valence-electron chi connectivity index (χ3n) is 3.86. The molecular formula is C18H15F3N4O. The molecule has 5 nitrogen and oxygen atoms in total. The SMILES string of the molecule is CC(C(=O)Nc1ccc(-c2n[nH]c(C(F)(F)F)n2)cc1)c1ccccc1. The number of nitrogens with zero attached hydrogens (tertiary/aromatic N) is 2. The first-order valence-electron chi connectivity index (χ1n) is 7.80. The molecule has 0 fully saturated rings. The first-order chi connectivity index (χ1) is 12.3. The highest BCUT2D eigenvalue weighted by Crippen LogP contribution is 2.28. The van der Waals surface area contributed by atoms with Gasteiger partial charge in [-0.2, -0.15) is 18.3 Å². The summed E-state index contributed by atoms with van der Waals surface area (Å²) in [6, 6.07) is 15.6. The monoisotopic (exact) mass is 360 g/mol. The molecule has 1 unspecified atom stereocenters. The van der Waals surface area contributed by atoms with Crippen molar-refractivity contribution in [2.45, 2.75) is 19.0 Å². The Bertz CT molecular complexity index is 889. The molecule has 0 saturated heterocycles. The van der Waals surface area contributed by atoms with Crippen LogP contribution in [0.4, 0.5) is 18.9 Å². The molecule has 0 aliphatic heterocycles. The average molecular weight is 360 g/mol. The van der Waals surface area contributed by atoms with Crippen LogP contribution in [0.25, 0.3) is 11.4 Å². The Morgan fingerprint density at radius 1 is 1.08 bits per heavy atom. The molecule has 0 saturated carbocycles. The molecule has 0 bridgehead atoms. The highest BCUT2D eigenvalue weighted by atomic mass is 19.4. The quantitative estimate of drug-likeness (QED) is 0.731. The maximum absolute atomic E-state index is 12.6. The zero-order valence-corrected chi connectivity index (χ0v) is 13.7. The van der Waals surface area contributed by atoms with Crippen LogP contribution in [0.2, 0.25) is 0 Å². The summed E-state index contributed by atoms with van der Waals surface area (Å²) < 4.78 is 37.7. The number of amides is 1. The Balaban J connectivity index is 1.70. The molecule has 134 valence electrons. The van der Waals surface area contributed by atoms with Crippen molar-refractivity contribution in [1.29, 1.82) is 0 Å². The first-order valence-corrected chi connectivity index (χ1v) is 7.80. The zero-order chi connectivity index (χ0) is 18.7. The third-order valence-corrected chi connectivity index (χ3v) is 3.86. The molecule has 0 aliphatic rings. The summed E-state index contributed by atoms with van der Waals surface area (Å²) in [5, 5.41) is 8.22. The van der Waals surface area contributed by atoms with Crippen molar-refractivity contribution in [3.63, 3.8) is 0 Å². The molecule has 0 aliphatic carbocycles. The lowest BCUT2D eigenvalue weighted by Gasteiger charge is -2.12. The van der Waals surface area contributed by atoms with Crippen LogP contribution in [-0.4, -0.2) is 21.1 Å². The molecule has 3 rings (SSSR count). The minimum atomic E-state index is -4.58. The van der Waals surface area contributed by atoms with Gasteiger partial charge in [-0.25, -0.2) is 4.98 Å². The van der Waals surface area contributed by atoms with Crippen molar-refractivity contribution < 1.29 is 18.0 Å². The van der Waals surface area contributed by atoms with E-state index < -0.39 is 12.0 Å². The van der Waals surface area contributed by atoms with Gasteiger partial charge in [-0.15, -0.1) is 0 Å². The summed E-state index contributed by atoms with van der Waals surface area (Å²) in [7, 11) is 0. The molecule has 0 radical (unpaired) electrons. The second kappa shape index (κ2) is 6.99. The predicted octanol–water partition coefficient (Wildman–Crippen LogP) is 4.23. The smallest absolute Gasteiger partial charge is 0.326 e. The third kappa shape index (κ3) is 3.90. The number of carbonyl (C=O) groups excluding carboxylic acids is 1. The first kappa shape index (κ1) is 17.7. The van der Waals surface area contributed by atoms with Crippen LogP contribution in [0.15, 0.2) is 54.6 Å². The number of carbonyl (C=O) groups is 1. The number of nitrogens with one attached hydrogen (secondary N) is 2. The fraction of sp³-hybridized carbons (Fsp3) is 0.167. The van der Waals surface area contributed by atoms with E-state index in [2.05, 4.69) is 15.4 Å². The highest BCUT2D eigenvalue weighted by molar-refractivity contribution is 5.95. The van der Waals surface area contributed by atoms with E-state index in [0.29, 0.717) is 11.3 Å². The van der Waals surface area contributed by atoms with E-state index >= 15 is 0 Å². The van der Waals surface area contributed by atoms with Gasteiger partial charge in [-0.3, -0.25) is 9.89 Å². The average Bonchev–Trinajstić information content (AvgIpc) is 3.13. The van der Waals surface area contributed by atoms with E-state index in [-0.39, 0.29) is 17.6 Å². The summed E-state index contributed by atoms with van der Waals surface area (Å²) in [6.07, 6.45) is -4.58. The number of hydrogen-bond donors (Lipinski definition) is 2. The number of H-pyrrole nitrogens is 1. The van der Waals surface area contributed by atoms with Crippen LogP contribution >= 0.6 is 0 Å². The maximum Gasteiger partial charge on any atom is 0.451 e. The number of rotatable bonds is 4. The van der Waals surface area contributed by atoms with Crippen molar-refractivity contribution >= 4 is 11.6 Å². The number of aromatic amines is 1. The van der Waals surface area contributed by atoms with Crippen LogP contribution < -0.4 is 5.32 Å². The van der Waals surface area contributed by atoms with E-state index in [9.17, 15) is 18.0 Å². The fourth-order valence-corrected chi connectivity index (χ4v) is 2.36. The van der Waals surface area contributed by atoms with Gasteiger partial charge in [0.2, 0.25) is 11.7 Å². The van der Waals surface area contributed by atoms with E-state index in [1.807, 2.05) is 35.4 Å². The number of hydrogen-bond acceptors (Lipinski definition) is 3. The molecule has 26 heavy (non-hydrogen) atoms. The predicted molar refractivity (Wildman–Crippen MR) is 90.3 cm³/mol. The van der Waals surface area contributed by atoms with Crippen molar-refractivity contribution in [2.24, 2.45) is 0 Å². The molecule has 0 spiro atoms. The van der Waals surface area contributed by atoms with Crippen molar-refractivity contribution in [3.05, 3.63) is 66.0 Å². The summed E-state index contributed by atoms with van der Waals surface area (Å²) in [4.78, 5) is 15.7. The Labute approximate surface area is 147 Å². The number of benzene rings is 2. The van der Waals surface area contributed by atoms with Gasteiger partial charge in [-0.05, 0) is 36.8 Å². The lowest BCUT2D eigenvalue weighted by molar-refractivity contribution is -0.144.